The normalized spacial score (nSPS) is 18.7. The molecule has 5 nitrogen and oxygen atoms in total. The number of phenolic OH excluding ortho intramolecular Hbond substituents is 1. The summed E-state index contributed by atoms with van der Waals surface area (Å²) in [5.41, 5.74) is 5.29. The van der Waals surface area contributed by atoms with Crippen LogP contribution in [0, 0.1) is 0 Å². The Bertz CT molecular complexity index is 846. The van der Waals surface area contributed by atoms with E-state index in [1.54, 1.807) is 14.2 Å². The summed E-state index contributed by atoms with van der Waals surface area (Å²) in [4.78, 5) is 14.0. The van der Waals surface area contributed by atoms with Gasteiger partial charge in [0.05, 0.1) is 19.8 Å². The number of hydrogen-bond acceptors (Lipinski definition) is 5. The minimum absolute atomic E-state index is 0.193. The van der Waals surface area contributed by atoms with E-state index in [0.29, 0.717) is 17.1 Å². The van der Waals surface area contributed by atoms with E-state index in [1.165, 1.54) is 16.7 Å². The number of aldehydes is 1. The molecule has 2 aromatic rings. The van der Waals surface area contributed by atoms with E-state index in [-0.39, 0.29) is 11.8 Å². The Labute approximate surface area is 146 Å². The van der Waals surface area contributed by atoms with Crippen molar-refractivity contribution < 1.29 is 19.4 Å². The SMILES string of the molecule is COc1cc2c(cc1O)CCN1Cc3c(ccc(OC)c3C=O)C[C@@H]21. The van der Waals surface area contributed by atoms with E-state index in [1.807, 2.05) is 18.2 Å². The second-order valence-electron chi connectivity index (χ2n) is 6.60. The van der Waals surface area contributed by atoms with Gasteiger partial charge in [-0.3, -0.25) is 9.69 Å². The Morgan fingerprint density at radius 1 is 1.16 bits per heavy atom. The Morgan fingerprint density at radius 3 is 2.68 bits per heavy atom. The first-order valence-corrected chi connectivity index (χ1v) is 8.44. The van der Waals surface area contributed by atoms with Gasteiger partial charge in [0.25, 0.3) is 0 Å². The van der Waals surface area contributed by atoms with Crippen LogP contribution in [0.4, 0.5) is 0 Å². The number of rotatable bonds is 3. The van der Waals surface area contributed by atoms with Gasteiger partial charge in [-0.1, -0.05) is 6.07 Å². The standard InChI is InChI=1S/C20H21NO4/c1-24-19-4-3-12-7-17-14-9-20(25-2)18(23)8-13(14)5-6-21(17)10-15(12)16(19)11-22/h3-4,8-9,11,17,23H,5-7,10H2,1-2H3/t17-/m0/s1. The van der Waals surface area contributed by atoms with E-state index < -0.39 is 0 Å². The number of carbonyl (C=O) groups excluding carboxylic acids is 1. The number of benzene rings is 2. The van der Waals surface area contributed by atoms with Gasteiger partial charge < -0.3 is 14.6 Å². The lowest BCUT2D eigenvalue weighted by Crippen LogP contribution is -2.39. The summed E-state index contributed by atoms with van der Waals surface area (Å²) in [5.74, 6) is 1.34. The van der Waals surface area contributed by atoms with Crippen LogP contribution in [0.3, 0.4) is 0 Å². The van der Waals surface area contributed by atoms with Crippen molar-refractivity contribution in [1.29, 1.82) is 0 Å². The number of ether oxygens (including phenoxy) is 2. The van der Waals surface area contributed by atoms with E-state index in [9.17, 15) is 9.90 Å². The number of methoxy groups -OCH3 is 2. The van der Waals surface area contributed by atoms with Crippen molar-refractivity contribution in [1.82, 2.24) is 4.90 Å². The predicted octanol–water partition coefficient (Wildman–Crippen LogP) is 2.88. The molecular formula is C20H21NO4. The van der Waals surface area contributed by atoms with Crippen molar-refractivity contribution >= 4 is 6.29 Å². The quantitative estimate of drug-likeness (QED) is 0.872. The topological polar surface area (TPSA) is 59.0 Å². The zero-order chi connectivity index (χ0) is 17.6. The predicted molar refractivity (Wildman–Crippen MR) is 93.6 cm³/mol. The lowest BCUT2D eigenvalue weighted by molar-refractivity contribution is 0.111. The molecule has 0 unspecified atom stereocenters. The third-order valence-electron chi connectivity index (χ3n) is 5.44. The van der Waals surface area contributed by atoms with Crippen molar-refractivity contribution in [3.8, 4) is 17.2 Å². The number of fused-ring (bicyclic) bond motifs is 4. The minimum Gasteiger partial charge on any atom is -0.504 e. The van der Waals surface area contributed by atoms with Gasteiger partial charge in [-0.05, 0) is 53.3 Å². The van der Waals surface area contributed by atoms with Crippen molar-refractivity contribution in [3.05, 3.63) is 52.1 Å². The zero-order valence-corrected chi connectivity index (χ0v) is 14.4. The summed E-state index contributed by atoms with van der Waals surface area (Å²) < 4.78 is 10.6. The molecule has 0 spiro atoms. The van der Waals surface area contributed by atoms with Gasteiger partial charge in [0.1, 0.15) is 5.75 Å². The monoisotopic (exact) mass is 339 g/mol. The third-order valence-corrected chi connectivity index (χ3v) is 5.44. The maximum absolute atomic E-state index is 11.6. The maximum Gasteiger partial charge on any atom is 0.160 e. The fourth-order valence-electron chi connectivity index (χ4n) is 4.15. The highest BCUT2D eigenvalue weighted by molar-refractivity contribution is 5.82. The van der Waals surface area contributed by atoms with Gasteiger partial charge in [0.15, 0.2) is 17.8 Å². The molecular weight excluding hydrogens is 318 g/mol. The van der Waals surface area contributed by atoms with Crippen LogP contribution in [0.5, 0.6) is 17.2 Å². The lowest BCUT2D eigenvalue weighted by Gasteiger charge is -2.42. The molecule has 0 radical (unpaired) electrons. The molecule has 25 heavy (non-hydrogen) atoms. The molecule has 0 aromatic heterocycles. The molecule has 2 aromatic carbocycles. The molecule has 0 saturated carbocycles. The number of hydrogen-bond donors (Lipinski definition) is 1. The molecule has 2 aliphatic heterocycles. The highest BCUT2D eigenvalue weighted by Crippen LogP contribution is 2.43. The Morgan fingerprint density at radius 2 is 1.96 bits per heavy atom. The smallest absolute Gasteiger partial charge is 0.160 e. The molecule has 0 bridgehead atoms. The maximum atomic E-state index is 11.6. The number of phenols is 1. The van der Waals surface area contributed by atoms with Crippen molar-refractivity contribution in [2.45, 2.75) is 25.4 Å². The summed E-state index contributed by atoms with van der Waals surface area (Å²) in [6, 6.07) is 7.95. The van der Waals surface area contributed by atoms with Gasteiger partial charge >= 0.3 is 0 Å². The zero-order valence-electron chi connectivity index (χ0n) is 14.4. The fraction of sp³-hybridized carbons (Fsp3) is 0.350. The molecule has 5 heteroatoms. The summed E-state index contributed by atoms with van der Waals surface area (Å²) in [7, 11) is 3.16. The lowest BCUT2D eigenvalue weighted by atomic mass is 9.82. The fourth-order valence-corrected chi connectivity index (χ4v) is 4.15. The van der Waals surface area contributed by atoms with Crippen molar-refractivity contribution in [2.75, 3.05) is 20.8 Å². The van der Waals surface area contributed by atoms with Crippen LogP contribution in [-0.4, -0.2) is 37.1 Å². The van der Waals surface area contributed by atoms with Gasteiger partial charge in [-0.25, -0.2) is 0 Å². The van der Waals surface area contributed by atoms with E-state index >= 15 is 0 Å². The minimum atomic E-state index is 0.193. The van der Waals surface area contributed by atoms with Gasteiger partial charge in [0.2, 0.25) is 0 Å². The summed E-state index contributed by atoms with van der Waals surface area (Å²) >= 11 is 0. The Balaban J connectivity index is 1.78. The average molecular weight is 339 g/mol. The van der Waals surface area contributed by atoms with Crippen LogP contribution < -0.4 is 9.47 Å². The molecule has 1 N–H and O–H groups in total. The van der Waals surface area contributed by atoms with Crippen LogP contribution in [0.2, 0.25) is 0 Å². The van der Waals surface area contributed by atoms with Crippen LogP contribution in [0.15, 0.2) is 24.3 Å². The van der Waals surface area contributed by atoms with E-state index in [2.05, 4.69) is 11.0 Å². The first-order chi connectivity index (χ1) is 12.2. The summed E-state index contributed by atoms with van der Waals surface area (Å²) in [6.45, 7) is 1.63. The van der Waals surface area contributed by atoms with Crippen LogP contribution >= 0.6 is 0 Å². The molecule has 4 rings (SSSR count). The molecule has 0 aliphatic carbocycles. The molecule has 0 saturated heterocycles. The second kappa shape index (κ2) is 6.08. The highest BCUT2D eigenvalue weighted by atomic mass is 16.5. The molecule has 1 atom stereocenters. The van der Waals surface area contributed by atoms with Crippen LogP contribution in [0.25, 0.3) is 0 Å². The summed E-state index contributed by atoms with van der Waals surface area (Å²) in [5, 5.41) is 10.1. The average Bonchev–Trinajstić information content (AvgIpc) is 2.64. The Kier molecular flexibility index (Phi) is 3.88. The summed E-state index contributed by atoms with van der Waals surface area (Å²) in [6.07, 6.45) is 2.61. The second-order valence-corrected chi connectivity index (χ2v) is 6.60. The Hall–Kier alpha value is -2.53. The van der Waals surface area contributed by atoms with Gasteiger partial charge in [0, 0.05) is 19.1 Å². The molecule has 0 fully saturated rings. The molecule has 130 valence electrons. The van der Waals surface area contributed by atoms with Crippen molar-refractivity contribution in [2.24, 2.45) is 0 Å². The van der Waals surface area contributed by atoms with Crippen LogP contribution in [-0.2, 0) is 19.4 Å². The van der Waals surface area contributed by atoms with E-state index in [0.717, 1.165) is 37.8 Å². The van der Waals surface area contributed by atoms with Crippen molar-refractivity contribution in [3.63, 3.8) is 0 Å². The highest BCUT2D eigenvalue weighted by Gasteiger charge is 2.34. The largest absolute Gasteiger partial charge is 0.504 e. The third kappa shape index (κ3) is 2.46. The molecule has 2 heterocycles. The molecule has 0 amide bonds. The number of carbonyl (C=O) groups is 1. The first kappa shape index (κ1) is 16.0. The first-order valence-electron chi connectivity index (χ1n) is 8.44. The molecule has 2 aliphatic rings. The van der Waals surface area contributed by atoms with Gasteiger partial charge in [-0.2, -0.15) is 0 Å². The van der Waals surface area contributed by atoms with Crippen LogP contribution in [0.1, 0.15) is 38.7 Å². The number of nitrogens with zero attached hydrogens (tertiary/aromatic N) is 1. The van der Waals surface area contributed by atoms with E-state index in [4.69, 9.17) is 9.47 Å². The van der Waals surface area contributed by atoms with Gasteiger partial charge in [-0.15, -0.1) is 0 Å². The number of aromatic hydroxyl groups is 1.